The number of hydrogen-bond acceptors (Lipinski definition) is 9. The highest BCUT2D eigenvalue weighted by atomic mass is 32.2. The lowest BCUT2D eigenvalue weighted by molar-refractivity contribution is -0.192. The Kier molecular flexibility index (Phi) is 8.32. The number of rotatable bonds is 6. The van der Waals surface area contributed by atoms with Crippen molar-refractivity contribution in [3.63, 3.8) is 0 Å². The number of anilines is 4. The molecule has 0 fully saturated rings. The molecule has 0 amide bonds. The molecule has 15 heteroatoms. The fraction of sp³-hybridized carbons (Fsp3) is 0.130. The number of aryl methyl sites for hydroxylation is 1. The van der Waals surface area contributed by atoms with Crippen LogP contribution in [0.4, 0.5) is 36.2 Å². The Morgan fingerprint density at radius 3 is 2.16 bits per heavy atom. The third-order valence-corrected chi connectivity index (χ3v) is 6.23. The number of hydrogen-bond donors (Lipinski definition) is 4. The van der Waals surface area contributed by atoms with E-state index in [9.17, 15) is 26.4 Å². The van der Waals surface area contributed by atoms with Gasteiger partial charge in [0.2, 0.25) is 10.0 Å². The highest BCUT2D eigenvalue weighted by Gasteiger charge is 2.38. The van der Waals surface area contributed by atoms with Gasteiger partial charge in [-0.05, 0) is 49.9 Å². The van der Waals surface area contributed by atoms with E-state index in [0.29, 0.717) is 28.6 Å². The minimum atomic E-state index is -5.08. The summed E-state index contributed by atoms with van der Waals surface area (Å²) < 4.78 is 63.3. The van der Waals surface area contributed by atoms with E-state index >= 15 is 0 Å². The second-order valence-corrected chi connectivity index (χ2v) is 9.42. The lowest BCUT2D eigenvalue weighted by Crippen LogP contribution is -2.21. The van der Waals surface area contributed by atoms with Crippen LogP contribution >= 0.6 is 0 Å². The van der Waals surface area contributed by atoms with E-state index in [1.165, 1.54) is 31.6 Å². The molecule has 0 spiro atoms. The lowest BCUT2D eigenvalue weighted by atomic mass is 10.1. The third kappa shape index (κ3) is 7.27. The van der Waals surface area contributed by atoms with Crippen molar-refractivity contribution in [3.8, 4) is 0 Å². The van der Waals surface area contributed by atoms with Crippen molar-refractivity contribution in [1.29, 1.82) is 0 Å². The fourth-order valence-corrected chi connectivity index (χ4v) is 3.83. The van der Waals surface area contributed by atoms with E-state index in [1.54, 1.807) is 24.3 Å². The smallest absolute Gasteiger partial charge is 0.475 e. The van der Waals surface area contributed by atoms with Crippen molar-refractivity contribution in [2.75, 3.05) is 17.7 Å². The van der Waals surface area contributed by atoms with Gasteiger partial charge in [0, 0.05) is 35.0 Å². The Bertz CT molecular complexity index is 1640. The number of halogens is 3. The Balaban J connectivity index is 0.000000505. The van der Waals surface area contributed by atoms with Crippen molar-refractivity contribution >= 4 is 50.0 Å². The second kappa shape index (κ2) is 11.3. The lowest BCUT2D eigenvalue weighted by Gasteiger charge is -2.10. The van der Waals surface area contributed by atoms with E-state index in [2.05, 4.69) is 25.3 Å². The predicted molar refractivity (Wildman–Crippen MR) is 132 cm³/mol. The maximum absolute atomic E-state index is 12.0. The van der Waals surface area contributed by atoms with Gasteiger partial charge in [-0.15, -0.1) is 0 Å². The second-order valence-electron chi connectivity index (χ2n) is 7.54. The number of carboxylic acid groups (broad SMARTS) is 1. The topological polar surface area (TPSA) is 164 Å². The maximum atomic E-state index is 12.0. The minimum absolute atomic E-state index is 0.139. The van der Waals surface area contributed by atoms with E-state index in [4.69, 9.17) is 14.3 Å². The average Bonchev–Trinajstić information content (AvgIpc) is 2.84. The van der Waals surface area contributed by atoms with Crippen molar-refractivity contribution in [1.82, 2.24) is 14.7 Å². The zero-order valence-corrected chi connectivity index (χ0v) is 20.5. The maximum Gasteiger partial charge on any atom is 0.490 e. The molecular formula is C23H20F3N5O6S. The zero-order valence-electron chi connectivity index (χ0n) is 19.7. The number of aliphatic carboxylic acids is 1. The van der Waals surface area contributed by atoms with Gasteiger partial charge >= 0.3 is 17.8 Å². The highest BCUT2D eigenvalue weighted by molar-refractivity contribution is 7.89. The molecule has 0 saturated heterocycles. The van der Waals surface area contributed by atoms with Crippen molar-refractivity contribution in [2.24, 2.45) is 0 Å². The van der Waals surface area contributed by atoms with Crippen LogP contribution in [0.5, 0.6) is 0 Å². The van der Waals surface area contributed by atoms with Crippen LogP contribution in [0.25, 0.3) is 11.0 Å². The number of benzene rings is 2. The molecule has 0 aliphatic heterocycles. The van der Waals surface area contributed by atoms with Gasteiger partial charge in [-0.3, -0.25) is 0 Å². The van der Waals surface area contributed by atoms with Gasteiger partial charge in [-0.2, -0.15) is 13.2 Å². The first-order valence-corrected chi connectivity index (χ1v) is 12.0. The van der Waals surface area contributed by atoms with Gasteiger partial charge in [-0.1, -0.05) is 6.07 Å². The summed E-state index contributed by atoms with van der Waals surface area (Å²) >= 11 is 0. The van der Waals surface area contributed by atoms with E-state index < -0.39 is 27.8 Å². The number of carbonyl (C=O) groups is 1. The molecule has 2 heterocycles. The molecule has 0 aliphatic carbocycles. The van der Waals surface area contributed by atoms with Gasteiger partial charge in [0.1, 0.15) is 23.5 Å². The van der Waals surface area contributed by atoms with Crippen LogP contribution in [0.1, 0.15) is 5.56 Å². The molecule has 2 aromatic carbocycles. The number of carboxylic acids is 1. The molecule has 4 N–H and O–H groups in total. The molecular weight excluding hydrogens is 531 g/mol. The number of sulfonamides is 1. The van der Waals surface area contributed by atoms with Crippen LogP contribution in [0.3, 0.4) is 0 Å². The molecule has 11 nitrogen and oxygen atoms in total. The van der Waals surface area contributed by atoms with Crippen molar-refractivity contribution in [2.45, 2.75) is 18.0 Å². The Labute approximate surface area is 213 Å². The molecule has 2 aromatic heterocycles. The number of aromatic nitrogens is 2. The van der Waals surface area contributed by atoms with E-state index in [1.807, 2.05) is 19.1 Å². The Morgan fingerprint density at radius 2 is 1.58 bits per heavy atom. The standard InChI is InChI=1S/C21H19N5O4S.C2HF3O2/c1-13-8-21(27)30-18-10-15(6-7-17(13)18)26-20-11-19(23-12-24-20)25-14-4-3-5-16(9-14)31(28,29)22-2;3-2(4,5)1(6)7/h3-12,22H,1-2H3,(H2,23,24,25,26);(H,6,7). The van der Waals surface area contributed by atoms with Crippen LogP contribution in [0, 0.1) is 6.92 Å². The first-order valence-electron chi connectivity index (χ1n) is 10.5. The normalized spacial score (nSPS) is 11.4. The van der Waals surface area contributed by atoms with Gasteiger partial charge < -0.3 is 20.2 Å². The summed E-state index contributed by atoms with van der Waals surface area (Å²) in [7, 11) is -2.19. The summed E-state index contributed by atoms with van der Waals surface area (Å²) in [5.74, 6) is -1.78. The SMILES string of the molecule is CNS(=O)(=O)c1cccc(Nc2cc(Nc3ccc4c(C)cc(=O)oc4c3)ncn2)c1.O=C(O)C(F)(F)F. The van der Waals surface area contributed by atoms with Crippen LogP contribution in [0.15, 0.2) is 75.0 Å². The average molecular weight is 552 g/mol. The number of nitrogens with zero attached hydrogens (tertiary/aromatic N) is 2. The molecule has 4 aromatic rings. The van der Waals surface area contributed by atoms with Gasteiger partial charge in [0.05, 0.1) is 4.90 Å². The van der Waals surface area contributed by atoms with Gasteiger partial charge in [-0.25, -0.2) is 32.7 Å². The summed E-state index contributed by atoms with van der Waals surface area (Å²) in [5, 5.41) is 14.2. The quantitative estimate of drug-likeness (QED) is 0.258. The Morgan fingerprint density at radius 1 is 0.974 bits per heavy atom. The predicted octanol–water partition coefficient (Wildman–Crippen LogP) is 3.92. The fourth-order valence-electron chi connectivity index (χ4n) is 3.05. The first-order chi connectivity index (χ1) is 17.8. The summed E-state index contributed by atoms with van der Waals surface area (Å²) in [6, 6.07) is 15.0. The molecule has 0 saturated carbocycles. The molecule has 38 heavy (non-hydrogen) atoms. The molecule has 0 radical (unpaired) electrons. The van der Waals surface area contributed by atoms with Crippen LogP contribution in [0.2, 0.25) is 0 Å². The molecule has 0 unspecified atom stereocenters. The molecule has 0 aliphatic rings. The third-order valence-electron chi connectivity index (χ3n) is 4.82. The van der Waals surface area contributed by atoms with Crippen LogP contribution < -0.4 is 21.0 Å². The molecule has 200 valence electrons. The summed E-state index contributed by atoms with van der Waals surface area (Å²) in [5.41, 5.74) is 2.16. The number of fused-ring (bicyclic) bond motifs is 1. The molecule has 4 rings (SSSR count). The summed E-state index contributed by atoms with van der Waals surface area (Å²) in [6.45, 7) is 1.85. The van der Waals surface area contributed by atoms with Gasteiger partial charge in [0.15, 0.2) is 0 Å². The highest BCUT2D eigenvalue weighted by Crippen LogP contribution is 2.24. The summed E-state index contributed by atoms with van der Waals surface area (Å²) in [4.78, 5) is 29.1. The first kappa shape index (κ1) is 28.1. The van der Waals surface area contributed by atoms with Crippen LogP contribution in [-0.2, 0) is 14.8 Å². The molecule has 0 atom stereocenters. The zero-order chi connectivity index (χ0) is 28.1. The van der Waals surface area contributed by atoms with Crippen molar-refractivity contribution in [3.05, 3.63) is 76.9 Å². The van der Waals surface area contributed by atoms with E-state index in [-0.39, 0.29) is 4.90 Å². The summed E-state index contributed by atoms with van der Waals surface area (Å²) in [6.07, 6.45) is -3.70. The van der Waals surface area contributed by atoms with Crippen LogP contribution in [-0.4, -0.2) is 42.7 Å². The van der Waals surface area contributed by atoms with Gasteiger partial charge in [0.25, 0.3) is 0 Å². The number of alkyl halides is 3. The molecule has 0 bridgehead atoms. The monoisotopic (exact) mass is 551 g/mol. The largest absolute Gasteiger partial charge is 0.490 e. The minimum Gasteiger partial charge on any atom is -0.475 e. The number of nitrogens with one attached hydrogen (secondary N) is 3. The van der Waals surface area contributed by atoms with Crippen molar-refractivity contribution < 1.29 is 35.9 Å². The Hall–Kier alpha value is -4.50. The van der Waals surface area contributed by atoms with E-state index in [0.717, 1.165) is 10.9 Å².